The first-order chi connectivity index (χ1) is 7.60. The lowest BCUT2D eigenvalue weighted by Gasteiger charge is -2.14. The second kappa shape index (κ2) is 6.59. The van der Waals surface area contributed by atoms with E-state index in [2.05, 4.69) is 21.2 Å². The summed E-state index contributed by atoms with van der Waals surface area (Å²) in [7, 11) is 1.38. The average molecular weight is 327 g/mol. The topological polar surface area (TPSA) is 38.3 Å². The largest absolute Gasteiger partial charge is 0.468 e. The molecule has 0 amide bonds. The van der Waals surface area contributed by atoms with E-state index in [-0.39, 0.29) is 5.97 Å². The zero-order chi connectivity index (χ0) is 12.1. The van der Waals surface area contributed by atoms with Crippen LogP contribution in [0.15, 0.2) is 10.5 Å². The van der Waals surface area contributed by atoms with Gasteiger partial charge in [0.25, 0.3) is 0 Å². The smallest absolute Gasteiger partial charge is 0.328 e. The van der Waals surface area contributed by atoms with Crippen molar-refractivity contribution in [1.82, 2.24) is 5.32 Å². The number of hydrogen-bond donors (Lipinski definition) is 1. The number of hydrogen-bond acceptors (Lipinski definition) is 4. The van der Waals surface area contributed by atoms with Crippen LogP contribution in [-0.4, -0.2) is 19.6 Å². The van der Waals surface area contributed by atoms with E-state index >= 15 is 0 Å². The van der Waals surface area contributed by atoms with E-state index in [1.807, 2.05) is 13.0 Å². The van der Waals surface area contributed by atoms with Gasteiger partial charge in [-0.1, -0.05) is 18.5 Å². The molecule has 0 aliphatic carbocycles. The van der Waals surface area contributed by atoms with Gasteiger partial charge in [0.1, 0.15) is 10.4 Å². The maximum absolute atomic E-state index is 11.6. The molecule has 0 aliphatic rings. The third-order valence-electron chi connectivity index (χ3n) is 1.98. The van der Waals surface area contributed by atoms with Crippen LogP contribution >= 0.6 is 38.9 Å². The molecule has 3 nitrogen and oxygen atoms in total. The van der Waals surface area contributed by atoms with Gasteiger partial charge in [0, 0.05) is 9.35 Å². The summed E-state index contributed by atoms with van der Waals surface area (Å²) >= 11 is 10.6. The number of methoxy groups -OCH3 is 1. The molecule has 1 unspecified atom stereocenters. The summed E-state index contributed by atoms with van der Waals surface area (Å²) in [6.07, 6.45) is 0.952. The van der Waals surface area contributed by atoms with Gasteiger partial charge in [-0.15, -0.1) is 11.3 Å². The van der Waals surface area contributed by atoms with Crippen molar-refractivity contribution in [1.29, 1.82) is 0 Å². The molecule has 0 bridgehead atoms. The highest BCUT2D eigenvalue weighted by molar-refractivity contribution is 9.10. The van der Waals surface area contributed by atoms with Crippen molar-refractivity contribution < 1.29 is 9.53 Å². The van der Waals surface area contributed by atoms with Gasteiger partial charge in [-0.25, -0.2) is 4.79 Å². The fraction of sp³-hybridized carbons (Fsp3) is 0.500. The van der Waals surface area contributed by atoms with Gasteiger partial charge in [0.15, 0.2) is 0 Å². The molecule has 1 aromatic rings. The zero-order valence-corrected chi connectivity index (χ0v) is 12.2. The van der Waals surface area contributed by atoms with Gasteiger partial charge in [-0.05, 0) is 35.0 Å². The Labute approximate surface area is 112 Å². The van der Waals surface area contributed by atoms with Crippen LogP contribution in [0.1, 0.15) is 24.3 Å². The van der Waals surface area contributed by atoms with Crippen LogP contribution in [0, 0.1) is 0 Å². The van der Waals surface area contributed by atoms with Crippen molar-refractivity contribution in [3.8, 4) is 0 Å². The third-order valence-corrected chi connectivity index (χ3v) is 4.52. The first kappa shape index (κ1) is 14.0. The number of carbonyl (C=O) groups is 1. The Kier molecular flexibility index (Phi) is 5.75. The van der Waals surface area contributed by atoms with E-state index < -0.39 is 6.04 Å². The Morgan fingerprint density at radius 2 is 2.44 bits per heavy atom. The molecule has 1 heterocycles. The Morgan fingerprint density at radius 1 is 1.75 bits per heavy atom. The number of ether oxygens (including phenoxy) is 1. The lowest BCUT2D eigenvalue weighted by molar-refractivity contribution is -0.143. The summed E-state index contributed by atoms with van der Waals surface area (Å²) in [6, 6.07) is 1.41. The van der Waals surface area contributed by atoms with Crippen LogP contribution in [-0.2, 0) is 9.53 Å². The van der Waals surface area contributed by atoms with E-state index in [4.69, 9.17) is 16.3 Å². The molecular weight excluding hydrogens is 314 g/mol. The molecule has 0 fully saturated rings. The Bertz CT molecular complexity index is 350. The number of thiophene rings is 1. The van der Waals surface area contributed by atoms with Gasteiger partial charge in [0.05, 0.1) is 7.11 Å². The van der Waals surface area contributed by atoms with Gasteiger partial charge in [-0.2, -0.15) is 0 Å². The summed E-state index contributed by atoms with van der Waals surface area (Å²) in [5.41, 5.74) is 0. The predicted molar refractivity (Wildman–Crippen MR) is 70.1 cm³/mol. The average Bonchev–Trinajstić information content (AvgIpc) is 2.59. The minimum atomic E-state index is -0.432. The molecule has 0 radical (unpaired) electrons. The second-order valence-electron chi connectivity index (χ2n) is 3.18. The highest BCUT2D eigenvalue weighted by atomic mass is 79.9. The van der Waals surface area contributed by atoms with E-state index in [1.165, 1.54) is 18.4 Å². The molecule has 16 heavy (non-hydrogen) atoms. The second-order valence-corrected chi connectivity index (χ2v) is 5.72. The highest BCUT2D eigenvalue weighted by Crippen LogP contribution is 2.35. The number of halogens is 2. The van der Waals surface area contributed by atoms with Gasteiger partial charge >= 0.3 is 5.97 Å². The van der Waals surface area contributed by atoms with Crippen molar-refractivity contribution in [2.24, 2.45) is 0 Å². The van der Waals surface area contributed by atoms with Crippen LogP contribution in [0.4, 0.5) is 0 Å². The molecule has 1 rings (SSSR count). The highest BCUT2D eigenvalue weighted by Gasteiger charge is 2.23. The lowest BCUT2D eigenvalue weighted by atomic mass is 10.2. The maximum Gasteiger partial charge on any atom is 0.328 e. The molecule has 0 aromatic carbocycles. The first-order valence-electron chi connectivity index (χ1n) is 4.86. The number of nitrogens with one attached hydrogen (secondary N) is 1. The third kappa shape index (κ3) is 3.45. The number of rotatable bonds is 5. The van der Waals surface area contributed by atoms with Crippen LogP contribution in [0.2, 0.25) is 4.34 Å². The van der Waals surface area contributed by atoms with Gasteiger partial charge in [0.2, 0.25) is 0 Å². The monoisotopic (exact) mass is 325 g/mol. The van der Waals surface area contributed by atoms with E-state index in [0.717, 1.165) is 22.3 Å². The van der Waals surface area contributed by atoms with Crippen LogP contribution in [0.25, 0.3) is 0 Å². The molecule has 1 N–H and O–H groups in total. The minimum absolute atomic E-state index is 0.293. The SMILES string of the molecule is CCCNC(C(=O)OC)c1cc(Br)c(Cl)s1. The normalized spacial score (nSPS) is 12.5. The van der Waals surface area contributed by atoms with E-state index in [1.54, 1.807) is 0 Å². The molecular formula is C10H13BrClNO2S. The Morgan fingerprint density at radius 3 is 2.88 bits per heavy atom. The fourth-order valence-corrected chi connectivity index (χ4v) is 3.01. The standard InChI is InChI=1S/C10H13BrClNO2S/c1-3-4-13-8(10(14)15-2)7-5-6(11)9(12)16-7/h5,8,13H,3-4H2,1-2H3. The number of esters is 1. The molecule has 6 heteroatoms. The molecule has 90 valence electrons. The summed E-state index contributed by atoms with van der Waals surface area (Å²) < 4.78 is 6.21. The van der Waals surface area contributed by atoms with Crippen molar-refractivity contribution in [3.63, 3.8) is 0 Å². The van der Waals surface area contributed by atoms with Crippen molar-refractivity contribution in [2.75, 3.05) is 13.7 Å². The minimum Gasteiger partial charge on any atom is -0.468 e. The fourth-order valence-electron chi connectivity index (χ4n) is 1.21. The number of carbonyl (C=O) groups excluding carboxylic acids is 1. The summed E-state index contributed by atoms with van der Waals surface area (Å²) in [4.78, 5) is 12.5. The van der Waals surface area contributed by atoms with Crippen molar-refractivity contribution in [3.05, 3.63) is 19.8 Å². The lowest BCUT2D eigenvalue weighted by Crippen LogP contribution is -2.29. The molecule has 0 aliphatic heterocycles. The maximum atomic E-state index is 11.6. The summed E-state index contributed by atoms with van der Waals surface area (Å²) in [6.45, 7) is 2.80. The van der Waals surface area contributed by atoms with E-state index in [0.29, 0.717) is 4.34 Å². The Balaban J connectivity index is 2.87. The molecule has 0 saturated heterocycles. The van der Waals surface area contributed by atoms with Gasteiger partial charge in [-0.3, -0.25) is 0 Å². The molecule has 1 aromatic heterocycles. The summed E-state index contributed by atoms with van der Waals surface area (Å²) in [5, 5.41) is 3.13. The quantitative estimate of drug-likeness (QED) is 0.843. The molecule has 0 spiro atoms. The Hall–Kier alpha value is -0.100. The van der Waals surface area contributed by atoms with Crippen molar-refractivity contribution >= 4 is 44.8 Å². The van der Waals surface area contributed by atoms with Crippen LogP contribution in [0.5, 0.6) is 0 Å². The first-order valence-corrected chi connectivity index (χ1v) is 6.84. The zero-order valence-electron chi connectivity index (χ0n) is 9.05. The van der Waals surface area contributed by atoms with Crippen LogP contribution < -0.4 is 5.32 Å². The van der Waals surface area contributed by atoms with E-state index in [9.17, 15) is 4.79 Å². The van der Waals surface area contributed by atoms with Gasteiger partial charge < -0.3 is 10.1 Å². The van der Waals surface area contributed by atoms with Crippen molar-refractivity contribution in [2.45, 2.75) is 19.4 Å². The molecule has 1 atom stereocenters. The predicted octanol–water partition coefficient (Wildman–Crippen LogP) is 3.38. The van der Waals surface area contributed by atoms with Crippen LogP contribution in [0.3, 0.4) is 0 Å². The summed E-state index contributed by atoms with van der Waals surface area (Å²) in [5.74, 6) is -0.293. The molecule has 0 saturated carbocycles.